The van der Waals surface area contributed by atoms with E-state index >= 15 is 0 Å². The van der Waals surface area contributed by atoms with Crippen molar-refractivity contribution in [2.24, 2.45) is 0 Å². The van der Waals surface area contributed by atoms with Crippen LogP contribution in [0.3, 0.4) is 0 Å². The molecule has 0 amide bonds. The number of anilines is 1. The summed E-state index contributed by atoms with van der Waals surface area (Å²) in [6, 6.07) is 0. The first kappa shape index (κ1) is 12.1. The van der Waals surface area contributed by atoms with Gasteiger partial charge in [0.25, 0.3) is 0 Å². The molecule has 19 heavy (non-hydrogen) atoms. The maximum atomic E-state index is 11.6. The van der Waals surface area contributed by atoms with Crippen LogP contribution in [0.4, 0.5) is 5.95 Å². The van der Waals surface area contributed by atoms with Gasteiger partial charge in [0.1, 0.15) is 12.2 Å². The summed E-state index contributed by atoms with van der Waals surface area (Å²) in [5, 5.41) is 19.6. The zero-order valence-corrected chi connectivity index (χ0v) is 10.0. The van der Waals surface area contributed by atoms with Crippen molar-refractivity contribution in [1.82, 2.24) is 18.9 Å². The van der Waals surface area contributed by atoms with Gasteiger partial charge in [-0.1, -0.05) is 0 Å². The van der Waals surface area contributed by atoms with E-state index in [9.17, 15) is 15.0 Å². The average Bonchev–Trinajstić information content (AvgIpc) is 2.86. The molecule has 9 nitrogen and oxygen atoms in total. The molecule has 0 spiro atoms. The third-order valence-electron chi connectivity index (χ3n) is 3.20. The lowest BCUT2D eigenvalue weighted by Crippen LogP contribution is -2.30. The van der Waals surface area contributed by atoms with Crippen LogP contribution in [-0.2, 0) is 4.74 Å². The first-order valence-electron chi connectivity index (χ1n) is 5.73. The fraction of sp³-hybridized carbons (Fsp3) is 0.500. The quantitative estimate of drug-likeness (QED) is 0.551. The van der Waals surface area contributed by atoms with Gasteiger partial charge < -0.3 is 20.7 Å². The zero-order chi connectivity index (χ0) is 13.7. The van der Waals surface area contributed by atoms with Crippen molar-refractivity contribution < 1.29 is 14.9 Å². The topological polar surface area (TPSA) is 128 Å². The lowest BCUT2D eigenvalue weighted by atomic mass is 10.1. The van der Waals surface area contributed by atoms with Gasteiger partial charge in [0.2, 0.25) is 11.7 Å². The molecule has 0 radical (unpaired) electrons. The summed E-state index contributed by atoms with van der Waals surface area (Å²) >= 11 is 0. The van der Waals surface area contributed by atoms with Crippen LogP contribution >= 0.6 is 0 Å². The van der Waals surface area contributed by atoms with Gasteiger partial charge in [0.05, 0.1) is 6.10 Å². The molecule has 3 rings (SSSR count). The number of fused-ring (bicyclic) bond motifs is 1. The molecular formula is C10H13N5O4. The molecule has 2 aromatic heterocycles. The fourth-order valence-electron chi connectivity index (χ4n) is 2.19. The molecule has 1 saturated heterocycles. The molecule has 4 atom stereocenters. The molecule has 4 N–H and O–H groups in total. The van der Waals surface area contributed by atoms with E-state index in [0.717, 1.165) is 0 Å². The van der Waals surface area contributed by atoms with E-state index in [1.165, 1.54) is 21.4 Å². The van der Waals surface area contributed by atoms with Crippen molar-refractivity contribution in [2.75, 3.05) is 5.73 Å². The minimum atomic E-state index is -1.11. The number of hydrogen-bond donors (Lipinski definition) is 3. The molecular weight excluding hydrogens is 254 g/mol. The summed E-state index contributed by atoms with van der Waals surface area (Å²) in [4.78, 5) is 19.0. The molecule has 0 aromatic carbocycles. The Kier molecular flexibility index (Phi) is 2.55. The highest BCUT2D eigenvalue weighted by Crippen LogP contribution is 2.29. The van der Waals surface area contributed by atoms with Crippen molar-refractivity contribution in [1.29, 1.82) is 0 Å². The van der Waals surface area contributed by atoms with E-state index in [0.29, 0.717) is 0 Å². The van der Waals surface area contributed by atoms with Crippen LogP contribution in [0.1, 0.15) is 13.2 Å². The van der Waals surface area contributed by atoms with Crippen molar-refractivity contribution in [3.05, 3.63) is 22.9 Å². The number of nitrogen functional groups attached to an aromatic ring is 1. The van der Waals surface area contributed by atoms with Crippen molar-refractivity contribution in [3.8, 4) is 0 Å². The Balaban J connectivity index is 2.14. The number of nitrogens with zero attached hydrogens (tertiary/aromatic N) is 4. The van der Waals surface area contributed by atoms with Gasteiger partial charge in [-0.05, 0) is 6.92 Å². The predicted octanol–water partition coefficient (Wildman–Crippen LogP) is -1.89. The Hall–Kier alpha value is -1.97. The number of aromatic nitrogens is 4. The van der Waals surface area contributed by atoms with Gasteiger partial charge in [0, 0.05) is 12.4 Å². The van der Waals surface area contributed by atoms with E-state index in [4.69, 9.17) is 10.5 Å². The Morgan fingerprint density at radius 1 is 1.32 bits per heavy atom. The normalized spacial score (nSPS) is 31.1. The lowest BCUT2D eigenvalue weighted by molar-refractivity contribution is -0.0299. The maximum Gasteiger partial charge on any atom is 0.357 e. The summed E-state index contributed by atoms with van der Waals surface area (Å²) in [6.07, 6.45) is -0.501. The van der Waals surface area contributed by atoms with Gasteiger partial charge in [-0.3, -0.25) is 4.57 Å². The fourth-order valence-corrected chi connectivity index (χ4v) is 2.19. The van der Waals surface area contributed by atoms with Crippen LogP contribution in [0.2, 0.25) is 0 Å². The van der Waals surface area contributed by atoms with Crippen molar-refractivity contribution in [3.63, 3.8) is 0 Å². The van der Waals surface area contributed by atoms with Crippen LogP contribution in [0, 0.1) is 0 Å². The minimum absolute atomic E-state index is 0.161. The summed E-state index contributed by atoms with van der Waals surface area (Å²) < 4.78 is 8.09. The highest BCUT2D eigenvalue weighted by Gasteiger charge is 2.41. The molecule has 1 fully saturated rings. The summed E-state index contributed by atoms with van der Waals surface area (Å²) in [5.74, 6) is 0.0360. The molecule has 0 aliphatic carbocycles. The average molecular weight is 267 g/mol. The second kappa shape index (κ2) is 4.02. The Morgan fingerprint density at radius 3 is 2.68 bits per heavy atom. The summed E-state index contributed by atoms with van der Waals surface area (Å²) in [7, 11) is 0. The Labute approximate surface area is 106 Å². The van der Waals surface area contributed by atoms with Gasteiger partial charge in [-0.25, -0.2) is 9.20 Å². The number of hydrogen-bond acceptors (Lipinski definition) is 7. The Morgan fingerprint density at radius 2 is 2.05 bits per heavy atom. The SMILES string of the molecule is C[C@H]1O[C@@H](n2ccn3c(=O)nc(N)nc23)[C@H](O)[C@@H]1O. The van der Waals surface area contributed by atoms with Crippen molar-refractivity contribution in [2.45, 2.75) is 31.5 Å². The van der Waals surface area contributed by atoms with Crippen LogP contribution in [0.25, 0.3) is 5.78 Å². The van der Waals surface area contributed by atoms with Crippen LogP contribution < -0.4 is 11.4 Å². The summed E-state index contributed by atoms with van der Waals surface area (Å²) in [6.45, 7) is 1.65. The molecule has 0 saturated carbocycles. The van der Waals surface area contributed by atoms with Gasteiger partial charge in [-0.15, -0.1) is 0 Å². The lowest BCUT2D eigenvalue weighted by Gasteiger charge is -2.16. The third kappa shape index (κ3) is 1.70. The monoisotopic (exact) mass is 267 g/mol. The number of rotatable bonds is 1. The molecule has 1 aliphatic rings. The number of aliphatic hydroxyl groups excluding tert-OH is 2. The van der Waals surface area contributed by atoms with Crippen molar-refractivity contribution >= 4 is 11.7 Å². The van der Waals surface area contributed by atoms with Crippen LogP contribution in [0.5, 0.6) is 0 Å². The van der Waals surface area contributed by atoms with Gasteiger partial charge >= 0.3 is 5.69 Å². The standard InChI is InChI=1S/C10H13N5O4/c1-4-5(16)6(17)7(19-4)14-2-3-15-9(14)12-8(11)13-10(15)18/h2-7,16-17H,1H3,(H2,11,13,18)/t4-,5-,6-,7-/m1/s1. The number of imidazole rings is 1. The molecule has 0 unspecified atom stereocenters. The molecule has 9 heteroatoms. The smallest absolute Gasteiger partial charge is 0.357 e. The van der Waals surface area contributed by atoms with E-state index < -0.39 is 30.2 Å². The molecule has 3 heterocycles. The highest BCUT2D eigenvalue weighted by molar-refractivity contribution is 5.35. The minimum Gasteiger partial charge on any atom is -0.388 e. The number of nitrogens with two attached hydrogens (primary N) is 1. The zero-order valence-electron chi connectivity index (χ0n) is 10.0. The first-order chi connectivity index (χ1) is 8.99. The Bertz CT molecular complexity index is 680. The molecule has 1 aliphatic heterocycles. The van der Waals surface area contributed by atoms with Crippen LogP contribution in [-0.4, -0.2) is 47.5 Å². The van der Waals surface area contributed by atoms with E-state index in [1.807, 2.05) is 0 Å². The first-order valence-corrected chi connectivity index (χ1v) is 5.73. The molecule has 102 valence electrons. The van der Waals surface area contributed by atoms with E-state index in [-0.39, 0.29) is 11.7 Å². The molecule has 0 bridgehead atoms. The highest BCUT2D eigenvalue weighted by atomic mass is 16.6. The van der Waals surface area contributed by atoms with E-state index in [1.54, 1.807) is 6.92 Å². The van der Waals surface area contributed by atoms with Gasteiger partial charge in [-0.2, -0.15) is 9.97 Å². The number of ether oxygens (including phenoxy) is 1. The largest absolute Gasteiger partial charge is 0.388 e. The second-order valence-electron chi connectivity index (χ2n) is 4.45. The summed E-state index contributed by atoms with van der Waals surface area (Å²) in [5.41, 5.74) is 4.87. The van der Waals surface area contributed by atoms with E-state index in [2.05, 4.69) is 9.97 Å². The van der Waals surface area contributed by atoms with Crippen LogP contribution in [0.15, 0.2) is 17.2 Å². The number of aliphatic hydroxyl groups is 2. The maximum absolute atomic E-state index is 11.6. The predicted molar refractivity (Wildman–Crippen MR) is 63.3 cm³/mol. The second-order valence-corrected chi connectivity index (χ2v) is 4.45. The third-order valence-corrected chi connectivity index (χ3v) is 3.20. The van der Waals surface area contributed by atoms with Gasteiger partial charge in [0.15, 0.2) is 6.23 Å². The molecule has 2 aromatic rings.